The fourth-order valence-electron chi connectivity index (χ4n) is 1.03. The van der Waals surface area contributed by atoms with Crippen molar-refractivity contribution in [2.75, 3.05) is 5.88 Å². The second-order valence-electron chi connectivity index (χ2n) is 2.88. The van der Waals surface area contributed by atoms with Gasteiger partial charge in [-0.3, -0.25) is 0 Å². The van der Waals surface area contributed by atoms with Gasteiger partial charge in [-0.1, -0.05) is 11.6 Å². The van der Waals surface area contributed by atoms with Gasteiger partial charge < -0.3 is 10.2 Å². The van der Waals surface area contributed by atoms with Crippen molar-refractivity contribution < 1.29 is 10.2 Å². The van der Waals surface area contributed by atoms with E-state index in [0.29, 0.717) is 0 Å². The molecule has 0 saturated heterocycles. The summed E-state index contributed by atoms with van der Waals surface area (Å²) in [5.74, 6) is 0.240. The predicted octanol–water partition coefficient (Wildman–Crippen LogP) is 1.81. The first kappa shape index (κ1) is 12.9. The summed E-state index contributed by atoms with van der Waals surface area (Å²) in [7, 11) is 0. The number of hydrogen-bond acceptors (Lipinski definition) is 4. The van der Waals surface area contributed by atoms with Gasteiger partial charge in [-0.15, -0.1) is 11.6 Å². The third-order valence-corrected chi connectivity index (χ3v) is 2.53. The molecule has 0 radical (unpaired) electrons. The van der Waals surface area contributed by atoms with E-state index < -0.39 is 12.2 Å². The van der Waals surface area contributed by atoms with Gasteiger partial charge in [-0.25, -0.2) is 9.97 Å². The van der Waals surface area contributed by atoms with Crippen LogP contribution >= 0.6 is 34.8 Å². The van der Waals surface area contributed by atoms with E-state index in [1.54, 1.807) is 0 Å². The minimum atomic E-state index is -1.16. The van der Waals surface area contributed by atoms with Crippen LogP contribution in [0.3, 0.4) is 0 Å². The summed E-state index contributed by atoms with van der Waals surface area (Å²) in [5, 5.41) is 19.2. The maximum atomic E-state index is 9.68. The minimum Gasteiger partial charge on any atom is -0.390 e. The number of hydrogen-bond donors (Lipinski definition) is 2. The van der Waals surface area contributed by atoms with Crippen molar-refractivity contribution in [1.82, 2.24) is 9.97 Å². The van der Waals surface area contributed by atoms with E-state index >= 15 is 0 Å². The summed E-state index contributed by atoms with van der Waals surface area (Å²) in [6.07, 6.45) is -0.625. The first-order chi connectivity index (χ1) is 7.06. The van der Waals surface area contributed by atoms with Gasteiger partial charge in [-0.05, 0) is 18.0 Å². The maximum Gasteiger partial charge on any atom is 0.223 e. The molecule has 1 rings (SSSR count). The van der Waals surface area contributed by atoms with Crippen molar-refractivity contribution in [2.24, 2.45) is 0 Å². The molecular formula is C8H9Cl3N2O2. The molecule has 2 unspecified atom stereocenters. The van der Waals surface area contributed by atoms with Crippen LogP contribution in [0.2, 0.25) is 10.4 Å². The normalized spacial score (nSPS) is 15.0. The molecule has 0 aromatic carbocycles. The van der Waals surface area contributed by atoms with E-state index in [9.17, 15) is 10.2 Å². The molecule has 2 N–H and O–H groups in total. The zero-order valence-electron chi connectivity index (χ0n) is 7.57. The molecule has 1 aromatic rings. The number of alkyl halides is 1. The average molecular weight is 272 g/mol. The SMILES string of the molecule is OC(CCCl)C(O)c1cnc(Cl)nc1Cl. The van der Waals surface area contributed by atoms with E-state index in [2.05, 4.69) is 9.97 Å². The largest absolute Gasteiger partial charge is 0.390 e. The lowest BCUT2D eigenvalue weighted by Crippen LogP contribution is -2.19. The fourth-order valence-corrected chi connectivity index (χ4v) is 1.67. The molecule has 84 valence electrons. The Labute approximate surface area is 102 Å². The van der Waals surface area contributed by atoms with Gasteiger partial charge in [0.25, 0.3) is 0 Å². The maximum absolute atomic E-state index is 9.68. The summed E-state index contributed by atoms with van der Waals surface area (Å²) in [6, 6.07) is 0. The zero-order valence-corrected chi connectivity index (χ0v) is 9.84. The highest BCUT2D eigenvalue weighted by Gasteiger charge is 2.21. The minimum absolute atomic E-state index is 0.0113. The highest BCUT2D eigenvalue weighted by molar-refractivity contribution is 6.32. The van der Waals surface area contributed by atoms with Crippen molar-refractivity contribution in [3.05, 3.63) is 22.2 Å². The summed E-state index contributed by atoms with van der Waals surface area (Å²) in [5.41, 5.74) is 0.235. The summed E-state index contributed by atoms with van der Waals surface area (Å²) < 4.78 is 0. The highest BCUT2D eigenvalue weighted by Crippen LogP contribution is 2.25. The second-order valence-corrected chi connectivity index (χ2v) is 3.95. The molecule has 0 spiro atoms. The van der Waals surface area contributed by atoms with E-state index in [1.165, 1.54) is 6.20 Å². The number of nitrogens with zero attached hydrogens (tertiary/aromatic N) is 2. The molecule has 0 aliphatic heterocycles. The number of halogens is 3. The Morgan fingerprint density at radius 1 is 1.33 bits per heavy atom. The topological polar surface area (TPSA) is 66.2 Å². The van der Waals surface area contributed by atoms with E-state index in [-0.39, 0.29) is 28.3 Å². The third kappa shape index (κ3) is 3.43. The van der Waals surface area contributed by atoms with Crippen LogP contribution in [0.4, 0.5) is 0 Å². The van der Waals surface area contributed by atoms with Crippen LogP contribution in [0.5, 0.6) is 0 Å². The van der Waals surface area contributed by atoms with Gasteiger partial charge in [0.05, 0.1) is 6.10 Å². The monoisotopic (exact) mass is 270 g/mol. The molecule has 7 heteroatoms. The summed E-state index contributed by atoms with van der Waals surface area (Å²) >= 11 is 16.7. The van der Waals surface area contributed by atoms with Gasteiger partial charge in [0.1, 0.15) is 11.3 Å². The fraction of sp³-hybridized carbons (Fsp3) is 0.500. The van der Waals surface area contributed by atoms with Crippen LogP contribution in [-0.4, -0.2) is 32.2 Å². The van der Waals surface area contributed by atoms with Crippen molar-refractivity contribution in [1.29, 1.82) is 0 Å². The van der Waals surface area contributed by atoms with Crippen LogP contribution in [0.15, 0.2) is 6.20 Å². The quantitative estimate of drug-likeness (QED) is 0.498. The number of aliphatic hydroxyl groups excluding tert-OH is 2. The van der Waals surface area contributed by atoms with Gasteiger partial charge in [0, 0.05) is 17.6 Å². The molecule has 1 aromatic heterocycles. The van der Waals surface area contributed by atoms with E-state index in [1.807, 2.05) is 0 Å². The van der Waals surface area contributed by atoms with Gasteiger partial charge in [0.15, 0.2) is 0 Å². The Hall–Kier alpha value is -0.130. The first-order valence-corrected chi connectivity index (χ1v) is 5.45. The standard InChI is InChI=1S/C8H9Cl3N2O2/c9-2-1-5(14)6(15)4-3-12-8(11)13-7(4)10/h3,5-6,14-15H,1-2H2. The van der Waals surface area contributed by atoms with Crippen molar-refractivity contribution in [3.63, 3.8) is 0 Å². The van der Waals surface area contributed by atoms with Crippen LogP contribution in [0, 0.1) is 0 Å². The van der Waals surface area contributed by atoms with Crippen molar-refractivity contribution in [2.45, 2.75) is 18.6 Å². The molecule has 15 heavy (non-hydrogen) atoms. The van der Waals surface area contributed by atoms with Crippen LogP contribution in [-0.2, 0) is 0 Å². The second kappa shape index (κ2) is 5.82. The van der Waals surface area contributed by atoms with Crippen molar-refractivity contribution >= 4 is 34.8 Å². The average Bonchev–Trinajstić information content (AvgIpc) is 2.17. The van der Waals surface area contributed by atoms with Crippen LogP contribution in [0.25, 0.3) is 0 Å². The Morgan fingerprint density at radius 3 is 2.53 bits per heavy atom. The Bertz CT molecular complexity index is 338. The van der Waals surface area contributed by atoms with Crippen LogP contribution < -0.4 is 0 Å². The molecule has 1 heterocycles. The molecule has 0 fully saturated rings. The lowest BCUT2D eigenvalue weighted by Gasteiger charge is -2.17. The molecule has 2 atom stereocenters. The lowest BCUT2D eigenvalue weighted by atomic mass is 10.1. The van der Waals surface area contributed by atoms with Crippen molar-refractivity contribution in [3.8, 4) is 0 Å². The molecule has 0 saturated carbocycles. The molecule has 0 aliphatic rings. The molecule has 0 bridgehead atoms. The summed E-state index contributed by atoms with van der Waals surface area (Å²) in [6.45, 7) is 0. The molecule has 4 nitrogen and oxygen atoms in total. The molecule has 0 amide bonds. The zero-order chi connectivity index (χ0) is 11.4. The van der Waals surface area contributed by atoms with Gasteiger partial charge >= 0.3 is 0 Å². The van der Waals surface area contributed by atoms with Gasteiger partial charge in [0.2, 0.25) is 5.28 Å². The third-order valence-electron chi connectivity index (χ3n) is 1.83. The first-order valence-electron chi connectivity index (χ1n) is 4.16. The smallest absolute Gasteiger partial charge is 0.223 e. The Balaban J connectivity index is 2.86. The summed E-state index contributed by atoms with van der Waals surface area (Å²) in [4.78, 5) is 7.32. The predicted molar refractivity (Wildman–Crippen MR) is 58.4 cm³/mol. The van der Waals surface area contributed by atoms with E-state index in [4.69, 9.17) is 34.8 Å². The number of rotatable bonds is 4. The molecule has 0 aliphatic carbocycles. The lowest BCUT2D eigenvalue weighted by molar-refractivity contribution is 0.0166. The Morgan fingerprint density at radius 2 is 2.00 bits per heavy atom. The van der Waals surface area contributed by atoms with Gasteiger partial charge in [-0.2, -0.15) is 0 Å². The number of aromatic nitrogens is 2. The Kier molecular flexibility index (Phi) is 5.02. The van der Waals surface area contributed by atoms with Crippen LogP contribution in [0.1, 0.15) is 18.1 Å². The number of aliphatic hydroxyl groups is 2. The molecular weight excluding hydrogens is 262 g/mol. The highest BCUT2D eigenvalue weighted by atomic mass is 35.5. The van der Waals surface area contributed by atoms with E-state index in [0.717, 1.165) is 0 Å².